The van der Waals surface area contributed by atoms with Crippen LogP contribution >= 0.6 is 11.3 Å². The predicted molar refractivity (Wildman–Crippen MR) is 260 cm³/mol. The number of aromatic nitrogens is 4. The summed E-state index contributed by atoms with van der Waals surface area (Å²) in [4.78, 5) is 15.4. The lowest BCUT2D eigenvalue weighted by Crippen LogP contribution is -2.04. The number of hydrogen-bond acceptors (Lipinski definition) is 4. The van der Waals surface area contributed by atoms with E-state index in [4.69, 9.17) is 23.2 Å². The number of benzene rings is 9. The zero-order chi connectivity index (χ0) is 47.9. The summed E-state index contributed by atoms with van der Waals surface area (Å²) < 4.78 is 75.8. The van der Waals surface area contributed by atoms with Gasteiger partial charge in [-0.3, -0.25) is 0 Å². The molecule has 62 heavy (non-hydrogen) atoms. The third kappa shape index (κ3) is 6.26. The Bertz CT molecular complexity index is 4010. The molecule has 0 N–H and O–H groups in total. The largest absolute Gasteiger partial charge is 0.309 e. The molecule has 12 rings (SSSR count). The van der Waals surface area contributed by atoms with Gasteiger partial charge in [-0.05, 0) is 81.9 Å². The second kappa shape index (κ2) is 14.9. The summed E-state index contributed by atoms with van der Waals surface area (Å²) in [6.07, 6.45) is 0. The van der Waals surface area contributed by atoms with Crippen LogP contribution in [0, 0.1) is 0 Å². The number of para-hydroxylation sites is 2. The third-order valence-electron chi connectivity index (χ3n) is 11.3. The lowest BCUT2D eigenvalue weighted by Gasteiger charge is -2.16. The minimum Gasteiger partial charge on any atom is -0.309 e. The number of hydrogen-bond donors (Lipinski definition) is 0. The van der Waals surface area contributed by atoms with E-state index in [1.165, 1.54) is 4.57 Å². The second-order valence-corrected chi connectivity index (χ2v) is 16.1. The fourth-order valence-corrected chi connectivity index (χ4v) is 9.37. The molecule has 0 unspecified atom stereocenters. The van der Waals surface area contributed by atoms with E-state index in [1.54, 1.807) is 11.3 Å². The van der Waals surface area contributed by atoms with Gasteiger partial charge in [0.2, 0.25) is 0 Å². The van der Waals surface area contributed by atoms with Crippen molar-refractivity contribution in [2.24, 2.45) is 0 Å². The van der Waals surface area contributed by atoms with E-state index in [0.717, 1.165) is 64.7 Å². The third-order valence-corrected chi connectivity index (χ3v) is 12.5. The van der Waals surface area contributed by atoms with Crippen molar-refractivity contribution in [3.63, 3.8) is 0 Å². The molecular formula is C57H36N4S. The lowest BCUT2D eigenvalue weighted by atomic mass is 9.98. The Kier molecular flexibility index (Phi) is 6.86. The summed E-state index contributed by atoms with van der Waals surface area (Å²) in [6, 6.07) is 52.9. The number of nitrogens with zero attached hydrogens (tertiary/aromatic N) is 4. The standard InChI is InChI=1S/C57H36N4S/c1-4-14-37(15-5-1)39-24-26-41(27-25-39)56-58-55(40-18-8-3-9-19-40)59-57(60-56)49-36-43(28-31-52(49)61-50-22-12-10-20-45(50)46-21-11-13-23-51(46)61)44-30-33-54-48(35-44)47-34-42(29-32-53(47)62-54)38-16-6-2-7-17-38/h1-36H/i10D,11D,12D,13D,20D,21D,22D,23D. The monoisotopic (exact) mass is 816 g/mol. The van der Waals surface area contributed by atoms with Gasteiger partial charge in [0.15, 0.2) is 17.5 Å². The molecule has 0 aliphatic heterocycles. The van der Waals surface area contributed by atoms with Gasteiger partial charge in [0.25, 0.3) is 0 Å². The molecule has 4 nitrogen and oxygen atoms in total. The molecule has 3 heterocycles. The molecule has 0 saturated heterocycles. The minimum atomic E-state index is -0.514. The number of fused-ring (bicyclic) bond motifs is 6. The lowest BCUT2D eigenvalue weighted by molar-refractivity contribution is 1.06. The van der Waals surface area contributed by atoms with Crippen LogP contribution in [0.3, 0.4) is 0 Å². The van der Waals surface area contributed by atoms with Gasteiger partial charge in [0.1, 0.15) is 0 Å². The maximum absolute atomic E-state index is 9.35. The van der Waals surface area contributed by atoms with E-state index in [1.807, 2.05) is 121 Å². The normalized spacial score (nSPS) is 13.4. The topological polar surface area (TPSA) is 43.6 Å². The molecule has 0 radical (unpaired) electrons. The molecule has 0 atom stereocenters. The molecule has 5 heteroatoms. The van der Waals surface area contributed by atoms with Crippen molar-refractivity contribution >= 4 is 53.3 Å². The summed E-state index contributed by atoms with van der Waals surface area (Å²) >= 11 is 1.73. The first kappa shape index (κ1) is 28.5. The van der Waals surface area contributed by atoms with Crippen LogP contribution in [0.5, 0.6) is 0 Å². The Morgan fingerprint density at radius 3 is 1.34 bits per heavy atom. The first-order valence-electron chi connectivity index (χ1n) is 24.2. The van der Waals surface area contributed by atoms with E-state index >= 15 is 0 Å². The SMILES string of the molecule is [2H]c1c([2H])c([2H])c2c(c1[2H])c1c([2H])c([2H])c([2H])c([2H])c1n2-c1ccc(-c2ccc3sc4ccc(-c5ccccc5)cc4c3c2)cc1-c1nc(-c2ccccc2)nc(-c2ccc(-c3ccccc3)cc2)n1. The van der Waals surface area contributed by atoms with Gasteiger partial charge in [-0.25, -0.2) is 15.0 Å². The first-order valence-corrected chi connectivity index (χ1v) is 21.0. The summed E-state index contributed by atoms with van der Waals surface area (Å²) in [5.41, 5.74) is 8.22. The highest BCUT2D eigenvalue weighted by Gasteiger charge is 2.21. The van der Waals surface area contributed by atoms with E-state index in [0.29, 0.717) is 22.9 Å². The molecule has 0 amide bonds. The average molecular weight is 817 g/mol. The van der Waals surface area contributed by atoms with Gasteiger partial charge in [-0.15, -0.1) is 11.3 Å². The Hall–Kier alpha value is -7.99. The molecule has 0 aliphatic carbocycles. The maximum Gasteiger partial charge on any atom is 0.166 e. The van der Waals surface area contributed by atoms with Gasteiger partial charge in [0, 0.05) is 47.6 Å². The van der Waals surface area contributed by atoms with Crippen LogP contribution < -0.4 is 0 Å². The molecule has 290 valence electrons. The highest BCUT2D eigenvalue weighted by Crippen LogP contribution is 2.41. The summed E-state index contributed by atoms with van der Waals surface area (Å²) in [7, 11) is 0. The molecule has 0 aliphatic rings. The van der Waals surface area contributed by atoms with E-state index in [-0.39, 0.29) is 27.6 Å². The van der Waals surface area contributed by atoms with Gasteiger partial charge in [-0.2, -0.15) is 0 Å². The second-order valence-electron chi connectivity index (χ2n) is 15.0. The van der Waals surface area contributed by atoms with Crippen LogP contribution in [-0.2, 0) is 0 Å². The van der Waals surface area contributed by atoms with Crippen LogP contribution in [0.15, 0.2) is 218 Å². The summed E-state index contributed by atoms with van der Waals surface area (Å²) in [5, 5.41) is 2.17. The van der Waals surface area contributed by atoms with Crippen molar-refractivity contribution in [3.8, 4) is 73.2 Å². The quantitative estimate of drug-likeness (QED) is 0.161. The molecule has 9 aromatic carbocycles. The molecule has 3 aromatic heterocycles. The van der Waals surface area contributed by atoms with E-state index < -0.39 is 48.3 Å². The Morgan fingerprint density at radius 1 is 0.355 bits per heavy atom. The van der Waals surface area contributed by atoms with Crippen molar-refractivity contribution in [3.05, 3.63) is 218 Å². The van der Waals surface area contributed by atoms with Gasteiger partial charge in [0.05, 0.1) is 27.7 Å². The smallest absolute Gasteiger partial charge is 0.166 e. The number of thiophene rings is 1. The van der Waals surface area contributed by atoms with Crippen LogP contribution in [-0.4, -0.2) is 19.5 Å². The molecular weight excluding hydrogens is 773 g/mol. The van der Waals surface area contributed by atoms with E-state index in [9.17, 15) is 2.74 Å². The van der Waals surface area contributed by atoms with Gasteiger partial charge < -0.3 is 4.57 Å². The maximum atomic E-state index is 9.35. The van der Waals surface area contributed by atoms with E-state index in [2.05, 4.69) is 48.5 Å². The first-order chi connectivity index (χ1) is 34.0. The van der Waals surface area contributed by atoms with Crippen LogP contribution in [0.1, 0.15) is 11.0 Å². The fraction of sp³-hybridized carbons (Fsp3) is 0. The summed E-state index contributed by atoms with van der Waals surface area (Å²) in [6.45, 7) is 0. The Balaban J connectivity index is 1.15. The van der Waals surface area contributed by atoms with Crippen molar-refractivity contribution in [1.29, 1.82) is 0 Å². The van der Waals surface area contributed by atoms with Crippen LogP contribution in [0.4, 0.5) is 0 Å². The van der Waals surface area contributed by atoms with Gasteiger partial charge >= 0.3 is 0 Å². The average Bonchev–Trinajstić information content (AvgIpc) is 3.97. The molecule has 0 saturated carbocycles. The fourth-order valence-electron chi connectivity index (χ4n) is 8.30. The molecule has 12 aromatic rings. The van der Waals surface area contributed by atoms with Crippen LogP contribution in [0.25, 0.3) is 115 Å². The highest BCUT2D eigenvalue weighted by molar-refractivity contribution is 7.25. The zero-order valence-corrected chi connectivity index (χ0v) is 33.7. The Labute approximate surface area is 374 Å². The van der Waals surface area contributed by atoms with Crippen LogP contribution in [0.2, 0.25) is 0 Å². The number of rotatable bonds is 7. The summed E-state index contributed by atoms with van der Waals surface area (Å²) in [5.74, 6) is 1.00. The van der Waals surface area contributed by atoms with Gasteiger partial charge in [-0.1, -0.05) is 170 Å². The molecule has 0 bridgehead atoms. The molecule has 0 spiro atoms. The van der Waals surface area contributed by atoms with Crippen molar-refractivity contribution < 1.29 is 11.0 Å². The van der Waals surface area contributed by atoms with Crippen molar-refractivity contribution in [2.75, 3.05) is 0 Å². The molecule has 0 fully saturated rings. The zero-order valence-electron chi connectivity index (χ0n) is 40.9. The predicted octanol–water partition coefficient (Wildman–Crippen LogP) is 15.3. The Morgan fingerprint density at radius 2 is 0.758 bits per heavy atom. The van der Waals surface area contributed by atoms with Crippen molar-refractivity contribution in [1.82, 2.24) is 19.5 Å². The highest BCUT2D eigenvalue weighted by atomic mass is 32.1. The minimum absolute atomic E-state index is 0.00329. The van der Waals surface area contributed by atoms with Crippen molar-refractivity contribution in [2.45, 2.75) is 0 Å².